The van der Waals surface area contributed by atoms with E-state index in [1.54, 1.807) is 0 Å². The lowest BCUT2D eigenvalue weighted by molar-refractivity contribution is 0.213. The van der Waals surface area contributed by atoms with E-state index in [-0.39, 0.29) is 5.54 Å². The Balaban J connectivity index is 2.29. The third kappa shape index (κ3) is 5.05. The highest BCUT2D eigenvalue weighted by Gasteiger charge is 2.26. The van der Waals surface area contributed by atoms with Crippen LogP contribution in [0.5, 0.6) is 0 Å². The molecule has 1 heterocycles. The molecule has 1 N–H and O–H groups in total. The molecule has 0 radical (unpaired) electrons. The van der Waals surface area contributed by atoms with Crippen LogP contribution >= 0.6 is 0 Å². The minimum absolute atomic E-state index is 0.320. The Kier molecular flexibility index (Phi) is 7.50. The molecule has 1 rings (SSSR count). The summed E-state index contributed by atoms with van der Waals surface area (Å²) in [7, 11) is 4.44. The first-order chi connectivity index (χ1) is 9.56. The summed E-state index contributed by atoms with van der Waals surface area (Å²) >= 11 is 0. The first-order valence-electron chi connectivity index (χ1n) is 8.12. The molecule has 0 saturated carbocycles. The number of hydrogen-bond acceptors (Lipinski definition) is 4. The molecule has 0 aromatic carbocycles. The second-order valence-corrected chi connectivity index (χ2v) is 6.22. The summed E-state index contributed by atoms with van der Waals surface area (Å²) in [4.78, 5) is 4.90. The number of nitrogens with zero attached hydrogens (tertiary/aromatic N) is 3. The van der Waals surface area contributed by atoms with Crippen molar-refractivity contribution in [1.82, 2.24) is 15.1 Å². The van der Waals surface area contributed by atoms with Crippen LogP contribution in [0.1, 0.15) is 46.0 Å². The van der Waals surface area contributed by atoms with Crippen LogP contribution in [0.2, 0.25) is 0 Å². The lowest BCUT2D eigenvalue weighted by Gasteiger charge is -2.29. The standard InChI is InChI=1S/C16H32N4/c1-5-16(14-17,18-6-2)10-8-11-19(3)13-15-9-7-12-20(15)4/h15,18H,5-13H2,1-4H3. The van der Waals surface area contributed by atoms with Crippen LogP contribution in [0.25, 0.3) is 0 Å². The van der Waals surface area contributed by atoms with Crippen LogP contribution in [0, 0.1) is 11.3 Å². The van der Waals surface area contributed by atoms with Gasteiger partial charge in [-0.25, -0.2) is 0 Å². The van der Waals surface area contributed by atoms with Crippen molar-refractivity contribution >= 4 is 0 Å². The molecular formula is C16H32N4. The molecule has 2 atom stereocenters. The number of nitrogens with one attached hydrogen (secondary N) is 1. The zero-order valence-electron chi connectivity index (χ0n) is 13.8. The van der Waals surface area contributed by atoms with Crippen LogP contribution in [0.15, 0.2) is 0 Å². The summed E-state index contributed by atoms with van der Waals surface area (Å²) < 4.78 is 0. The number of rotatable bonds is 9. The predicted octanol–water partition coefficient (Wildman–Crippen LogP) is 2.07. The summed E-state index contributed by atoms with van der Waals surface area (Å²) in [5.41, 5.74) is -0.320. The summed E-state index contributed by atoms with van der Waals surface area (Å²) in [6, 6.07) is 3.21. The monoisotopic (exact) mass is 280 g/mol. The van der Waals surface area contributed by atoms with E-state index in [0.717, 1.165) is 44.9 Å². The maximum Gasteiger partial charge on any atom is 0.106 e. The topological polar surface area (TPSA) is 42.3 Å². The lowest BCUT2D eigenvalue weighted by Crippen LogP contribution is -2.44. The van der Waals surface area contributed by atoms with Gasteiger partial charge in [0, 0.05) is 12.6 Å². The van der Waals surface area contributed by atoms with E-state index >= 15 is 0 Å². The van der Waals surface area contributed by atoms with Gasteiger partial charge in [-0.15, -0.1) is 0 Å². The van der Waals surface area contributed by atoms with E-state index < -0.39 is 0 Å². The quantitative estimate of drug-likeness (QED) is 0.702. The molecule has 2 unspecified atom stereocenters. The number of likely N-dealkylation sites (tertiary alicyclic amines) is 1. The van der Waals surface area contributed by atoms with Gasteiger partial charge in [0.05, 0.1) is 6.07 Å². The average Bonchev–Trinajstić information content (AvgIpc) is 2.83. The fraction of sp³-hybridized carbons (Fsp3) is 0.938. The van der Waals surface area contributed by atoms with Crippen molar-refractivity contribution in [3.8, 4) is 6.07 Å². The highest BCUT2D eigenvalue weighted by Crippen LogP contribution is 2.18. The van der Waals surface area contributed by atoms with Crippen LogP contribution in [0.3, 0.4) is 0 Å². The fourth-order valence-electron chi connectivity index (χ4n) is 3.21. The van der Waals surface area contributed by atoms with E-state index in [1.807, 2.05) is 0 Å². The number of hydrogen-bond donors (Lipinski definition) is 1. The van der Waals surface area contributed by atoms with E-state index in [1.165, 1.54) is 19.4 Å². The van der Waals surface area contributed by atoms with E-state index in [9.17, 15) is 5.26 Å². The summed E-state index contributed by atoms with van der Waals surface area (Å²) in [6.07, 6.45) is 5.57. The van der Waals surface area contributed by atoms with Gasteiger partial charge in [-0.05, 0) is 65.8 Å². The molecule has 0 aromatic heterocycles. The third-order valence-electron chi connectivity index (χ3n) is 4.67. The van der Waals surface area contributed by atoms with Gasteiger partial charge in [0.15, 0.2) is 0 Å². The highest BCUT2D eigenvalue weighted by atomic mass is 15.2. The minimum Gasteiger partial charge on any atom is -0.305 e. The molecule has 4 heteroatoms. The largest absolute Gasteiger partial charge is 0.305 e. The predicted molar refractivity (Wildman–Crippen MR) is 84.7 cm³/mol. The van der Waals surface area contributed by atoms with Gasteiger partial charge in [-0.2, -0.15) is 5.26 Å². The Morgan fingerprint density at radius 2 is 2.20 bits per heavy atom. The second kappa shape index (κ2) is 8.61. The average molecular weight is 280 g/mol. The van der Waals surface area contributed by atoms with Gasteiger partial charge in [0.25, 0.3) is 0 Å². The Morgan fingerprint density at radius 1 is 1.45 bits per heavy atom. The van der Waals surface area contributed by atoms with Gasteiger partial charge >= 0.3 is 0 Å². The van der Waals surface area contributed by atoms with Gasteiger partial charge in [0.2, 0.25) is 0 Å². The van der Waals surface area contributed by atoms with Crippen molar-refractivity contribution in [1.29, 1.82) is 5.26 Å². The normalized spacial score (nSPS) is 22.9. The first-order valence-corrected chi connectivity index (χ1v) is 8.12. The molecule has 4 nitrogen and oxygen atoms in total. The summed E-state index contributed by atoms with van der Waals surface area (Å²) in [5, 5.41) is 12.8. The first kappa shape index (κ1) is 17.4. The van der Waals surface area contributed by atoms with Crippen molar-refractivity contribution in [3.63, 3.8) is 0 Å². The molecule has 20 heavy (non-hydrogen) atoms. The maximum atomic E-state index is 9.40. The van der Waals surface area contributed by atoms with Crippen molar-refractivity contribution in [3.05, 3.63) is 0 Å². The zero-order valence-corrected chi connectivity index (χ0v) is 13.8. The Labute approximate surface area is 125 Å². The zero-order chi connectivity index (χ0) is 15.0. The van der Waals surface area contributed by atoms with E-state index in [4.69, 9.17) is 0 Å². The summed E-state index contributed by atoms with van der Waals surface area (Å²) in [5.74, 6) is 0. The highest BCUT2D eigenvalue weighted by molar-refractivity contribution is 5.06. The maximum absolute atomic E-state index is 9.40. The third-order valence-corrected chi connectivity index (χ3v) is 4.67. The molecule has 0 spiro atoms. The molecule has 1 fully saturated rings. The van der Waals surface area contributed by atoms with E-state index in [2.05, 4.69) is 49.1 Å². The fourth-order valence-corrected chi connectivity index (χ4v) is 3.21. The SMILES string of the molecule is CCNC(C#N)(CC)CCCN(C)CC1CCCN1C. The molecule has 1 saturated heterocycles. The van der Waals surface area contributed by atoms with Crippen LogP contribution in [0.4, 0.5) is 0 Å². The van der Waals surface area contributed by atoms with Gasteiger partial charge < -0.3 is 9.80 Å². The lowest BCUT2D eigenvalue weighted by atomic mass is 9.92. The van der Waals surface area contributed by atoms with Crippen LogP contribution in [-0.4, -0.2) is 61.7 Å². The van der Waals surface area contributed by atoms with Crippen molar-refractivity contribution < 1.29 is 0 Å². The number of likely N-dealkylation sites (N-methyl/N-ethyl adjacent to an activating group) is 2. The molecule has 0 bridgehead atoms. The second-order valence-electron chi connectivity index (χ2n) is 6.22. The Morgan fingerprint density at radius 3 is 2.70 bits per heavy atom. The molecule has 1 aliphatic heterocycles. The molecule has 0 aromatic rings. The Bertz CT molecular complexity index is 312. The number of nitriles is 1. The molecular weight excluding hydrogens is 248 g/mol. The van der Waals surface area contributed by atoms with Crippen molar-refractivity contribution in [2.24, 2.45) is 0 Å². The molecule has 1 aliphatic rings. The van der Waals surface area contributed by atoms with Gasteiger partial charge in [0.1, 0.15) is 5.54 Å². The van der Waals surface area contributed by atoms with Crippen LogP contribution in [-0.2, 0) is 0 Å². The smallest absolute Gasteiger partial charge is 0.106 e. The van der Waals surface area contributed by atoms with Gasteiger partial charge in [-0.3, -0.25) is 5.32 Å². The van der Waals surface area contributed by atoms with Crippen molar-refractivity contribution in [2.45, 2.75) is 57.5 Å². The minimum atomic E-state index is -0.320. The molecule has 116 valence electrons. The molecule has 0 aliphatic carbocycles. The summed E-state index contributed by atoms with van der Waals surface area (Å²) in [6.45, 7) is 8.52. The molecule has 0 amide bonds. The van der Waals surface area contributed by atoms with E-state index in [0.29, 0.717) is 0 Å². The van der Waals surface area contributed by atoms with Gasteiger partial charge in [-0.1, -0.05) is 13.8 Å². The van der Waals surface area contributed by atoms with Crippen LogP contribution < -0.4 is 5.32 Å². The Hall–Kier alpha value is -0.630. The van der Waals surface area contributed by atoms with Crippen molar-refractivity contribution in [2.75, 3.05) is 40.3 Å².